The van der Waals surface area contributed by atoms with Crippen molar-refractivity contribution in [3.63, 3.8) is 0 Å². The Kier molecular flexibility index (Phi) is 4.29. The second kappa shape index (κ2) is 6.09. The molecule has 0 amide bonds. The lowest BCUT2D eigenvalue weighted by atomic mass is 9.89. The number of hydrogen-bond acceptors (Lipinski definition) is 6. The number of pyridine rings is 1. The maximum absolute atomic E-state index is 10.2. The van der Waals surface area contributed by atoms with Crippen molar-refractivity contribution in [2.24, 2.45) is 5.92 Å². The fourth-order valence-corrected chi connectivity index (χ4v) is 4.03. The average molecular weight is 332 g/mol. The summed E-state index contributed by atoms with van der Waals surface area (Å²) < 4.78 is 0. The predicted molar refractivity (Wildman–Crippen MR) is 95.5 cm³/mol. The van der Waals surface area contributed by atoms with Gasteiger partial charge in [0.1, 0.15) is 10.8 Å². The van der Waals surface area contributed by atoms with Gasteiger partial charge >= 0.3 is 0 Å². The van der Waals surface area contributed by atoms with Crippen LogP contribution in [0.5, 0.6) is 0 Å². The molecule has 0 aliphatic heterocycles. The molecule has 6 heteroatoms. The molecule has 0 saturated heterocycles. The summed E-state index contributed by atoms with van der Waals surface area (Å²) in [5, 5.41) is 16.8. The van der Waals surface area contributed by atoms with Crippen LogP contribution in [0.3, 0.4) is 0 Å². The van der Waals surface area contributed by atoms with Gasteiger partial charge in [-0.3, -0.25) is 0 Å². The Labute approximate surface area is 141 Å². The molecule has 2 aromatic rings. The molecule has 2 heterocycles. The van der Waals surface area contributed by atoms with Crippen molar-refractivity contribution in [1.29, 1.82) is 0 Å². The number of thiazole rings is 1. The number of anilines is 2. The van der Waals surface area contributed by atoms with Gasteiger partial charge in [-0.2, -0.15) is 0 Å². The maximum atomic E-state index is 10.2. The quantitative estimate of drug-likeness (QED) is 0.798. The van der Waals surface area contributed by atoms with E-state index in [1.165, 1.54) is 0 Å². The zero-order valence-corrected chi connectivity index (χ0v) is 14.7. The van der Waals surface area contributed by atoms with Crippen LogP contribution in [-0.2, 0) is 0 Å². The summed E-state index contributed by atoms with van der Waals surface area (Å²) in [6, 6.07) is 2.22. The summed E-state index contributed by atoms with van der Waals surface area (Å²) in [4.78, 5) is 8.78. The summed E-state index contributed by atoms with van der Waals surface area (Å²) in [6.07, 6.45) is 4.83. The Morgan fingerprint density at radius 2 is 2.17 bits per heavy atom. The fourth-order valence-electron chi connectivity index (χ4n) is 3.21. The van der Waals surface area contributed by atoms with E-state index in [0.29, 0.717) is 17.8 Å². The number of nitrogens with zero attached hydrogens (tertiary/aromatic N) is 2. The highest BCUT2D eigenvalue weighted by Gasteiger charge is 2.34. The summed E-state index contributed by atoms with van der Waals surface area (Å²) in [5.41, 5.74) is 8.23. The normalized spacial score (nSPS) is 21.6. The standard InChI is InChI=1S/C17H24N4OS/c1-10-9-23-16(20-10)13-8-19-15(18)7-14(13)21-12-5-4-11(6-12)17(2,3)22/h7-9,11-12,22H,4-6H2,1-3H3,(H3,18,19,21). The first-order valence-electron chi connectivity index (χ1n) is 8.00. The lowest BCUT2D eigenvalue weighted by molar-refractivity contribution is 0.0197. The van der Waals surface area contributed by atoms with Gasteiger partial charge in [0.15, 0.2) is 0 Å². The molecule has 1 aliphatic rings. The van der Waals surface area contributed by atoms with E-state index >= 15 is 0 Å². The van der Waals surface area contributed by atoms with E-state index in [1.54, 1.807) is 17.5 Å². The van der Waals surface area contributed by atoms with Crippen molar-refractivity contribution in [2.75, 3.05) is 11.1 Å². The first kappa shape index (κ1) is 16.2. The smallest absolute Gasteiger partial charge is 0.127 e. The number of nitrogens with two attached hydrogens (primary N) is 1. The number of hydrogen-bond donors (Lipinski definition) is 3. The molecule has 3 rings (SSSR count). The Balaban J connectivity index is 1.82. The van der Waals surface area contributed by atoms with Crippen molar-refractivity contribution < 1.29 is 5.11 Å². The molecule has 2 aromatic heterocycles. The summed E-state index contributed by atoms with van der Waals surface area (Å²) in [7, 11) is 0. The van der Waals surface area contributed by atoms with Crippen molar-refractivity contribution in [3.05, 3.63) is 23.3 Å². The maximum Gasteiger partial charge on any atom is 0.127 e. The molecule has 4 N–H and O–H groups in total. The molecule has 124 valence electrons. The second-order valence-electron chi connectivity index (χ2n) is 6.95. The Morgan fingerprint density at radius 3 is 2.78 bits per heavy atom. The van der Waals surface area contributed by atoms with Gasteiger partial charge in [0.25, 0.3) is 0 Å². The molecule has 1 fully saturated rings. The highest BCUT2D eigenvalue weighted by atomic mass is 32.1. The van der Waals surface area contributed by atoms with Gasteiger partial charge in [0, 0.05) is 35.1 Å². The molecule has 1 saturated carbocycles. The van der Waals surface area contributed by atoms with E-state index in [2.05, 4.69) is 15.3 Å². The molecule has 2 unspecified atom stereocenters. The molecule has 0 bridgehead atoms. The zero-order valence-electron chi connectivity index (χ0n) is 13.8. The minimum atomic E-state index is -0.622. The average Bonchev–Trinajstić information content (AvgIpc) is 3.08. The highest BCUT2D eigenvalue weighted by Crippen LogP contribution is 2.37. The molecule has 2 atom stereocenters. The Hall–Kier alpha value is -1.66. The minimum Gasteiger partial charge on any atom is -0.390 e. The van der Waals surface area contributed by atoms with Crippen LogP contribution in [0, 0.1) is 12.8 Å². The first-order valence-corrected chi connectivity index (χ1v) is 8.88. The van der Waals surface area contributed by atoms with Gasteiger partial charge < -0.3 is 16.2 Å². The van der Waals surface area contributed by atoms with E-state index in [0.717, 1.165) is 41.2 Å². The van der Waals surface area contributed by atoms with Crippen molar-refractivity contribution in [3.8, 4) is 10.6 Å². The summed E-state index contributed by atoms with van der Waals surface area (Å²) >= 11 is 1.61. The van der Waals surface area contributed by atoms with Crippen LogP contribution >= 0.6 is 11.3 Å². The summed E-state index contributed by atoms with van der Waals surface area (Å²) in [6.45, 7) is 5.78. The lowest BCUT2D eigenvalue weighted by Gasteiger charge is -2.25. The lowest BCUT2D eigenvalue weighted by Crippen LogP contribution is -2.30. The van der Waals surface area contributed by atoms with Gasteiger partial charge in [0.05, 0.1) is 11.2 Å². The van der Waals surface area contributed by atoms with Crippen molar-refractivity contribution >= 4 is 22.8 Å². The van der Waals surface area contributed by atoms with E-state index in [-0.39, 0.29) is 0 Å². The Bertz CT molecular complexity index is 692. The number of aliphatic hydroxyl groups is 1. The topological polar surface area (TPSA) is 84.1 Å². The highest BCUT2D eigenvalue weighted by molar-refractivity contribution is 7.13. The van der Waals surface area contributed by atoms with Crippen LogP contribution in [0.15, 0.2) is 17.6 Å². The van der Waals surface area contributed by atoms with Crippen LogP contribution in [-0.4, -0.2) is 26.7 Å². The third-order valence-electron chi connectivity index (χ3n) is 4.57. The zero-order chi connectivity index (χ0) is 16.6. The predicted octanol–water partition coefficient (Wildman–Crippen LogP) is 3.45. The SMILES string of the molecule is Cc1csc(-c2cnc(N)cc2NC2CCC(C(C)(C)O)C2)n1. The molecule has 5 nitrogen and oxygen atoms in total. The third kappa shape index (κ3) is 3.64. The molecule has 23 heavy (non-hydrogen) atoms. The number of aromatic nitrogens is 2. The van der Waals surface area contributed by atoms with Crippen LogP contribution in [0.2, 0.25) is 0 Å². The van der Waals surface area contributed by atoms with E-state index in [9.17, 15) is 5.11 Å². The monoisotopic (exact) mass is 332 g/mol. The van der Waals surface area contributed by atoms with E-state index < -0.39 is 5.60 Å². The number of aryl methyl sites for hydroxylation is 1. The van der Waals surface area contributed by atoms with Crippen LogP contribution in [0.4, 0.5) is 11.5 Å². The molecular weight excluding hydrogens is 308 g/mol. The molecule has 0 radical (unpaired) electrons. The molecular formula is C17H24N4OS. The van der Waals surface area contributed by atoms with E-state index in [4.69, 9.17) is 5.73 Å². The number of rotatable bonds is 4. The van der Waals surface area contributed by atoms with Gasteiger partial charge in [0.2, 0.25) is 0 Å². The largest absolute Gasteiger partial charge is 0.390 e. The Morgan fingerprint density at radius 1 is 1.39 bits per heavy atom. The van der Waals surface area contributed by atoms with Gasteiger partial charge in [-0.05, 0) is 46.0 Å². The molecule has 0 spiro atoms. The van der Waals surface area contributed by atoms with E-state index in [1.807, 2.05) is 32.2 Å². The number of nitrogens with one attached hydrogen (secondary N) is 1. The van der Waals surface area contributed by atoms with Gasteiger partial charge in [-0.15, -0.1) is 11.3 Å². The summed E-state index contributed by atoms with van der Waals surface area (Å²) in [5.74, 6) is 0.825. The van der Waals surface area contributed by atoms with Crippen molar-refractivity contribution in [2.45, 2.75) is 51.7 Å². The molecule has 1 aliphatic carbocycles. The van der Waals surface area contributed by atoms with Crippen LogP contribution in [0.25, 0.3) is 10.6 Å². The van der Waals surface area contributed by atoms with Crippen LogP contribution < -0.4 is 11.1 Å². The second-order valence-corrected chi connectivity index (χ2v) is 7.81. The number of nitrogen functional groups attached to an aromatic ring is 1. The van der Waals surface area contributed by atoms with Gasteiger partial charge in [-0.25, -0.2) is 9.97 Å². The molecule has 0 aromatic carbocycles. The first-order chi connectivity index (χ1) is 10.8. The minimum absolute atomic E-state index is 0.324. The van der Waals surface area contributed by atoms with Gasteiger partial charge in [-0.1, -0.05) is 0 Å². The fraction of sp³-hybridized carbons (Fsp3) is 0.529. The van der Waals surface area contributed by atoms with Crippen LogP contribution in [0.1, 0.15) is 38.8 Å². The third-order valence-corrected chi connectivity index (χ3v) is 5.56. The van der Waals surface area contributed by atoms with Crippen molar-refractivity contribution in [1.82, 2.24) is 9.97 Å².